The molecule has 5 nitrogen and oxygen atoms in total. The first-order valence-electron chi connectivity index (χ1n) is 6.08. The molecule has 0 atom stereocenters. The Kier molecular flexibility index (Phi) is 2.55. The van der Waals surface area contributed by atoms with Gasteiger partial charge in [-0.3, -0.25) is 4.79 Å². The number of aromatic nitrogens is 1. The number of aromatic carboxylic acids is 1. The molecule has 0 amide bonds. The van der Waals surface area contributed by atoms with Gasteiger partial charge in [0.25, 0.3) is 0 Å². The summed E-state index contributed by atoms with van der Waals surface area (Å²) in [6.07, 6.45) is 1.88. The van der Waals surface area contributed by atoms with E-state index in [2.05, 4.69) is 0 Å². The van der Waals surface area contributed by atoms with Gasteiger partial charge in [0.05, 0.1) is 12.6 Å². The molecule has 5 heteroatoms. The van der Waals surface area contributed by atoms with Crippen LogP contribution in [0.1, 0.15) is 29.4 Å². The van der Waals surface area contributed by atoms with E-state index in [1.54, 1.807) is 29.9 Å². The molecule has 1 fully saturated rings. The van der Waals surface area contributed by atoms with Crippen molar-refractivity contribution in [3.05, 3.63) is 40.2 Å². The van der Waals surface area contributed by atoms with Crippen molar-refractivity contribution in [1.29, 1.82) is 0 Å². The maximum absolute atomic E-state index is 12.0. The van der Waals surface area contributed by atoms with Crippen molar-refractivity contribution in [3.8, 4) is 5.75 Å². The largest absolute Gasteiger partial charge is 0.497 e. The maximum Gasteiger partial charge on any atom is 0.352 e. The molecule has 0 radical (unpaired) electrons. The van der Waals surface area contributed by atoms with Crippen LogP contribution in [0.4, 0.5) is 0 Å². The van der Waals surface area contributed by atoms with Crippen molar-refractivity contribution in [3.63, 3.8) is 0 Å². The van der Waals surface area contributed by atoms with Crippen LogP contribution >= 0.6 is 0 Å². The Balaban J connectivity index is 2.41. The summed E-state index contributed by atoms with van der Waals surface area (Å²) < 4.78 is 6.89. The average Bonchev–Trinajstić information content (AvgIpc) is 3.22. The van der Waals surface area contributed by atoms with Gasteiger partial charge < -0.3 is 14.4 Å². The number of nitrogens with zero attached hydrogens (tertiary/aromatic N) is 1. The number of rotatable bonds is 3. The second-order valence-electron chi connectivity index (χ2n) is 4.68. The van der Waals surface area contributed by atoms with Crippen molar-refractivity contribution >= 4 is 16.9 Å². The van der Waals surface area contributed by atoms with Crippen molar-refractivity contribution in [1.82, 2.24) is 4.57 Å². The molecule has 0 unspecified atom stereocenters. The molecule has 0 saturated heterocycles. The van der Waals surface area contributed by atoms with E-state index >= 15 is 0 Å². The van der Waals surface area contributed by atoms with Crippen LogP contribution in [0, 0.1) is 0 Å². The van der Waals surface area contributed by atoms with Crippen LogP contribution in [0.25, 0.3) is 10.9 Å². The first-order valence-corrected chi connectivity index (χ1v) is 6.08. The fourth-order valence-corrected chi connectivity index (χ4v) is 2.34. The minimum Gasteiger partial charge on any atom is -0.497 e. The Morgan fingerprint density at radius 2 is 2.11 bits per heavy atom. The van der Waals surface area contributed by atoms with Crippen molar-refractivity contribution in [2.24, 2.45) is 0 Å². The monoisotopic (exact) mass is 259 g/mol. The number of hydrogen-bond donors (Lipinski definition) is 1. The number of benzene rings is 1. The molecule has 1 N–H and O–H groups in total. The molecule has 0 aliphatic heterocycles. The van der Waals surface area contributed by atoms with Crippen molar-refractivity contribution in [2.45, 2.75) is 18.9 Å². The number of carboxylic acid groups (broad SMARTS) is 1. The summed E-state index contributed by atoms with van der Waals surface area (Å²) in [5, 5.41) is 9.79. The third-order valence-corrected chi connectivity index (χ3v) is 3.39. The lowest BCUT2D eigenvalue weighted by molar-refractivity contribution is 0.0684. The zero-order chi connectivity index (χ0) is 13.6. The highest BCUT2D eigenvalue weighted by Crippen LogP contribution is 2.38. The Hall–Kier alpha value is -2.30. The molecule has 19 heavy (non-hydrogen) atoms. The molecule has 1 aromatic heterocycles. The Labute approximate surface area is 109 Å². The number of carboxylic acids is 1. The van der Waals surface area contributed by atoms with Crippen LogP contribution in [0.15, 0.2) is 29.1 Å². The van der Waals surface area contributed by atoms with E-state index in [1.807, 2.05) is 0 Å². The van der Waals surface area contributed by atoms with Gasteiger partial charge in [-0.2, -0.15) is 0 Å². The van der Waals surface area contributed by atoms with E-state index in [1.165, 1.54) is 6.07 Å². The van der Waals surface area contributed by atoms with Crippen LogP contribution in [0.2, 0.25) is 0 Å². The minimum atomic E-state index is -1.08. The molecule has 3 rings (SSSR count). The molecule has 1 saturated carbocycles. The first-order chi connectivity index (χ1) is 9.11. The summed E-state index contributed by atoms with van der Waals surface area (Å²) >= 11 is 0. The predicted molar refractivity (Wildman–Crippen MR) is 70.0 cm³/mol. The quantitative estimate of drug-likeness (QED) is 0.915. The van der Waals surface area contributed by atoms with Crippen molar-refractivity contribution < 1.29 is 14.6 Å². The molecule has 0 bridgehead atoms. The number of hydrogen-bond acceptors (Lipinski definition) is 3. The zero-order valence-corrected chi connectivity index (χ0v) is 10.4. The molecular weight excluding hydrogens is 246 g/mol. The van der Waals surface area contributed by atoms with Crippen LogP contribution in [0.5, 0.6) is 5.75 Å². The SMILES string of the molecule is COc1ccc2c(=O)cc(C(=O)O)n(C3CC3)c2c1. The average molecular weight is 259 g/mol. The predicted octanol–water partition coefficient (Wildman–Crippen LogP) is 2.04. The molecule has 0 spiro atoms. The molecule has 2 aromatic rings. The lowest BCUT2D eigenvalue weighted by atomic mass is 10.1. The van der Waals surface area contributed by atoms with Crippen LogP contribution in [0.3, 0.4) is 0 Å². The molecule has 1 aromatic carbocycles. The summed E-state index contributed by atoms with van der Waals surface area (Å²) in [7, 11) is 1.54. The van der Waals surface area contributed by atoms with E-state index in [0.717, 1.165) is 12.8 Å². The Bertz CT molecular complexity index is 728. The van der Waals surface area contributed by atoms with Gasteiger partial charge in [0, 0.05) is 23.6 Å². The third kappa shape index (κ3) is 1.87. The van der Waals surface area contributed by atoms with Gasteiger partial charge in [-0.15, -0.1) is 0 Å². The first kappa shape index (κ1) is 11.8. The normalized spacial score (nSPS) is 14.6. The van der Waals surface area contributed by atoms with Crippen molar-refractivity contribution in [2.75, 3.05) is 7.11 Å². The highest BCUT2D eigenvalue weighted by atomic mass is 16.5. The van der Waals surface area contributed by atoms with Gasteiger partial charge in [-0.05, 0) is 25.0 Å². The lowest BCUT2D eigenvalue weighted by Crippen LogP contribution is -2.17. The Morgan fingerprint density at radius 1 is 1.37 bits per heavy atom. The summed E-state index contributed by atoms with van der Waals surface area (Å²) in [5.41, 5.74) is 0.409. The van der Waals surface area contributed by atoms with Crippen LogP contribution in [-0.4, -0.2) is 22.8 Å². The number of pyridine rings is 1. The molecular formula is C14H13NO4. The van der Waals surface area contributed by atoms with Gasteiger partial charge in [0.1, 0.15) is 11.4 Å². The molecule has 1 aliphatic rings. The smallest absolute Gasteiger partial charge is 0.352 e. The van der Waals surface area contributed by atoms with E-state index in [4.69, 9.17) is 4.74 Å². The summed E-state index contributed by atoms with van der Waals surface area (Å²) in [6, 6.07) is 6.49. The van der Waals surface area contributed by atoms with Crippen LogP contribution < -0.4 is 10.2 Å². The van der Waals surface area contributed by atoms with E-state index < -0.39 is 5.97 Å². The molecule has 98 valence electrons. The minimum absolute atomic E-state index is 0.0493. The fourth-order valence-electron chi connectivity index (χ4n) is 2.34. The number of ether oxygens (including phenoxy) is 1. The van der Waals surface area contributed by atoms with E-state index in [-0.39, 0.29) is 17.2 Å². The number of fused-ring (bicyclic) bond motifs is 1. The third-order valence-electron chi connectivity index (χ3n) is 3.39. The zero-order valence-electron chi connectivity index (χ0n) is 10.4. The van der Waals surface area contributed by atoms with E-state index in [0.29, 0.717) is 16.7 Å². The summed E-state index contributed by atoms with van der Waals surface area (Å²) in [6.45, 7) is 0. The van der Waals surface area contributed by atoms with Crippen LogP contribution in [-0.2, 0) is 0 Å². The van der Waals surface area contributed by atoms with Gasteiger partial charge in [-0.1, -0.05) is 0 Å². The lowest BCUT2D eigenvalue weighted by Gasteiger charge is -2.14. The number of methoxy groups -OCH3 is 1. The Morgan fingerprint density at radius 3 is 2.68 bits per heavy atom. The second-order valence-corrected chi connectivity index (χ2v) is 4.68. The van der Waals surface area contributed by atoms with E-state index in [9.17, 15) is 14.7 Å². The fraction of sp³-hybridized carbons (Fsp3) is 0.286. The second kappa shape index (κ2) is 4.12. The van der Waals surface area contributed by atoms with Gasteiger partial charge in [-0.25, -0.2) is 4.79 Å². The maximum atomic E-state index is 12.0. The number of carbonyl (C=O) groups is 1. The highest BCUT2D eigenvalue weighted by molar-refractivity contribution is 5.91. The van der Waals surface area contributed by atoms with Gasteiger partial charge >= 0.3 is 5.97 Å². The summed E-state index contributed by atoms with van der Waals surface area (Å²) in [5.74, 6) is -0.461. The topological polar surface area (TPSA) is 68.5 Å². The standard InChI is InChI=1S/C14H13NO4/c1-19-9-4-5-10-11(6-9)15(8-2-3-8)12(14(17)18)7-13(10)16/h4-8H,2-3H2,1H3,(H,17,18). The molecule has 1 aliphatic carbocycles. The highest BCUT2D eigenvalue weighted by Gasteiger charge is 2.29. The molecule has 1 heterocycles. The van der Waals surface area contributed by atoms with Gasteiger partial charge in [0.15, 0.2) is 5.43 Å². The van der Waals surface area contributed by atoms with Gasteiger partial charge in [0.2, 0.25) is 0 Å². The summed E-state index contributed by atoms with van der Waals surface area (Å²) in [4.78, 5) is 23.3.